The minimum absolute atomic E-state index is 0.480. The van der Waals surface area contributed by atoms with Crippen LogP contribution >= 0.6 is 0 Å². The maximum atomic E-state index is 4.87. The summed E-state index contributed by atoms with van der Waals surface area (Å²) in [5.74, 6) is 3.20. The van der Waals surface area contributed by atoms with Gasteiger partial charge >= 0.3 is 0 Å². The van der Waals surface area contributed by atoms with Gasteiger partial charge in [-0.15, -0.1) is 0 Å². The van der Waals surface area contributed by atoms with E-state index in [4.69, 9.17) is 4.98 Å². The van der Waals surface area contributed by atoms with E-state index in [0.717, 1.165) is 49.2 Å². The molecular formula is C18H20N6. The van der Waals surface area contributed by atoms with Crippen molar-refractivity contribution in [3.63, 3.8) is 0 Å². The van der Waals surface area contributed by atoms with E-state index < -0.39 is 0 Å². The van der Waals surface area contributed by atoms with Gasteiger partial charge < -0.3 is 4.90 Å². The molecule has 0 aromatic carbocycles. The Kier molecular flexibility index (Phi) is 3.94. The Morgan fingerprint density at radius 3 is 2.46 bits per heavy atom. The fraction of sp³-hybridized carbons (Fsp3) is 0.333. The average molecular weight is 320 g/mol. The lowest BCUT2D eigenvalue weighted by Crippen LogP contribution is -2.34. The van der Waals surface area contributed by atoms with E-state index in [1.54, 1.807) is 12.4 Å². The zero-order valence-corrected chi connectivity index (χ0v) is 13.7. The number of anilines is 1. The molecule has 0 saturated carbocycles. The molecule has 0 bridgehead atoms. The molecule has 6 nitrogen and oxygen atoms in total. The van der Waals surface area contributed by atoms with Crippen molar-refractivity contribution in [1.82, 2.24) is 24.5 Å². The Hall–Kier alpha value is -2.76. The van der Waals surface area contributed by atoms with Gasteiger partial charge in [-0.05, 0) is 38.0 Å². The maximum Gasteiger partial charge on any atom is 0.225 e. The highest BCUT2D eigenvalue weighted by atomic mass is 15.2. The highest BCUT2D eigenvalue weighted by Crippen LogP contribution is 2.28. The van der Waals surface area contributed by atoms with Gasteiger partial charge in [-0.2, -0.15) is 0 Å². The molecule has 1 aliphatic rings. The zero-order chi connectivity index (χ0) is 16.4. The van der Waals surface area contributed by atoms with Crippen LogP contribution in [0, 0.1) is 6.92 Å². The fourth-order valence-corrected chi connectivity index (χ4v) is 3.25. The summed E-state index contributed by atoms with van der Waals surface area (Å²) in [5.41, 5.74) is 1.16. The lowest BCUT2D eigenvalue weighted by molar-refractivity contribution is 0.490. The number of piperidine rings is 1. The summed E-state index contributed by atoms with van der Waals surface area (Å²) >= 11 is 0. The number of rotatable bonds is 3. The van der Waals surface area contributed by atoms with Gasteiger partial charge in [0.05, 0.1) is 0 Å². The van der Waals surface area contributed by atoms with Crippen molar-refractivity contribution in [3.8, 4) is 5.82 Å². The van der Waals surface area contributed by atoms with E-state index in [0.29, 0.717) is 5.92 Å². The van der Waals surface area contributed by atoms with Crippen LogP contribution in [0.5, 0.6) is 0 Å². The van der Waals surface area contributed by atoms with E-state index >= 15 is 0 Å². The molecular weight excluding hydrogens is 300 g/mol. The van der Waals surface area contributed by atoms with Crippen molar-refractivity contribution in [2.75, 3.05) is 18.0 Å². The molecule has 1 saturated heterocycles. The average Bonchev–Trinajstić information content (AvgIpc) is 3.09. The van der Waals surface area contributed by atoms with Crippen molar-refractivity contribution in [1.29, 1.82) is 0 Å². The molecule has 0 amide bonds. The van der Waals surface area contributed by atoms with Gasteiger partial charge in [0.15, 0.2) is 0 Å². The summed E-state index contributed by atoms with van der Waals surface area (Å²) in [4.78, 5) is 20.1. The second-order valence-corrected chi connectivity index (χ2v) is 6.08. The van der Waals surface area contributed by atoms with E-state index in [9.17, 15) is 0 Å². The topological polar surface area (TPSA) is 59.7 Å². The first-order valence-corrected chi connectivity index (χ1v) is 8.30. The second-order valence-electron chi connectivity index (χ2n) is 6.08. The molecule has 0 N–H and O–H groups in total. The number of aryl methyl sites for hydroxylation is 1. The van der Waals surface area contributed by atoms with Crippen molar-refractivity contribution in [2.24, 2.45) is 0 Å². The lowest BCUT2D eigenvalue weighted by atomic mass is 9.93. The SMILES string of the molecule is Cc1nccn1-c1cccc(C2CCN(c3ncccn3)CC2)n1. The van der Waals surface area contributed by atoms with Crippen molar-refractivity contribution >= 4 is 5.95 Å². The standard InChI is InChI=1S/C18H20N6/c1-14-19-10-13-24(14)17-5-2-4-16(22-17)15-6-11-23(12-7-15)18-20-8-3-9-21-18/h2-5,8-10,13,15H,6-7,11-12H2,1H3. The molecule has 6 heteroatoms. The van der Waals surface area contributed by atoms with E-state index in [1.165, 1.54) is 0 Å². The third kappa shape index (κ3) is 2.87. The monoisotopic (exact) mass is 320 g/mol. The summed E-state index contributed by atoms with van der Waals surface area (Å²) in [6.07, 6.45) is 9.49. The van der Waals surface area contributed by atoms with Crippen LogP contribution in [-0.4, -0.2) is 37.6 Å². The smallest absolute Gasteiger partial charge is 0.225 e. The normalized spacial score (nSPS) is 15.6. The van der Waals surface area contributed by atoms with Crippen molar-refractivity contribution in [2.45, 2.75) is 25.7 Å². The predicted octanol–water partition coefficient (Wildman–Crippen LogP) is 2.75. The maximum absolute atomic E-state index is 4.87. The molecule has 4 heterocycles. The predicted molar refractivity (Wildman–Crippen MR) is 92.3 cm³/mol. The van der Waals surface area contributed by atoms with Crippen LogP contribution in [0.1, 0.15) is 30.3 Å². The summed E-state index contributed by atoms with van der Waals surface area (Å²) < 4.78 is 2.02. The summed E-state index contributed by atoms with van der Waals surface area (Å²) in [6, 6.07) is 8.10. The molecule has 0 spiro atoms. The number of hydrogen-bond donors (Lipinski definition) is 0. The number of nitrogens with zero attached hydrogens (tertiary/aromatic N) is 6. The Morgan fingerprint density at radius 1 is 0.958 bits per heavy atom. The number of hydrogen-bond acceptors (Lipinski definition) is 5. The summed E-state index contributed by atoms with van der Waals surface area (Å²) in [7, 11) is 0. The van der Waals surface area contributed by atoms with Crippen LogP contribution in [0.25, 0.3) is 5.82 Å². The van der Waals surface area contributed by atoms with E-state index in [-0.39, 0.29) is 0 Å². The van der Waals surface area contributed by atoms with Crippen LogP contribution in [0.15, 0.2) is 49.1 Å². The third-order valence-corrected chi connectivity index (χ3v) is 4.58. The van der Waals surface area contributed by atoms with Gasteiger partial charge in [-0.1, -0.05) is 6.07 Å². The second kappa shape index (κ2) is 6.39. The van der Waals surface area contributed by atoms with Crippen LogP contribution in [0.2, 0.25) is 0 Å². The first kappa shape index (κ1) is 14.8. The summed E-state index contributed by atoms with van der Waals surface area (Å²) in [5, 5.41) is 0. The van der Waals surface area contributed by atoms with Gasteiger partial charge in [0.1, 0.15) is 11.6 Å². The van der Waals surface area contributed by atoms with Crippen molar-refractivity contribution < 1.29 is 0 Å². The quantitative estimate of drug-likeness (QED) is 0.742. The molecule has 1 fully saturated rings. The van der Waals surface area contributed by atoms with Gasteiger partial charge in [0.25, 0.3) is 0 Å². The molecule has 24 heavy (non-hydrogen) atoms. The number of pyridine rings is 1. The number of imidazole rings is 1. The third-order valence-electron chi connectivity index (χ3n) is 4.58. The first-order valence-electron chi connectivity index (χ1n) is 8.30. The first-order chi connectivity index (χ1) is 11.8. The molecule has 3 aromatic rings. The molecule has 0 atom stereocenters. The molecule has 122 valence electrons. The van der Waals surface area contributed by atoms with E-state index in [1.807, 2.05) is 36.0 Å². The van der Waals surface area contributed by atoms with Gasteiger partial charge in [-0.3, -0.25) is 4.57 Å². The Bertz CT molecular complexity index is 805. The molecule has 4 rings (SSSR count). The zero-order valence-electron chi connectivity index (χ0n) is 13.7. The lowest BCUT2D eigenvalue weighted by Gasteiger charge is -2.31. The van der Waals surface area contributed by atoms with Gasteiger partial charge in [-0.25, -0.2) is 19.9 Å². The van der Waals surface area contributed by atoms with Crippen LogP contribution in [0.3, 0.4) is 0 Å². The highest BCUT2D eigenvalue weighted by Gasteiger charge is 2.23. The Morgan fingerprint density at radius 2 is 1.75 bits per heavy atom. The Labute approximate surface area is 141 Å². The van der Waals surface area contributed by atoms with Crippen LogP contribution in [0.4, 0.5) is 5.95 Å². The highest BCUT2D eigenvalue weighted by molar-refractivity contribution is 5.32. The van der Waals surface area contributed by atoms with E-state index in [2.05, 4.69) is 32.0 Å². The van der Waals surface area contributed by atoms with Crippen LogP contribution in [-0.2, 0) is 0 Å². The molecule has 0 unspecified atom stereocenters. The van der Waals surface area contributed by atoms with Gasteiger partial charge in [0.2, 0.25) is 5.95 Å². The number of aromatic nitrogens is 5. The summed E-state index contributed by atoms with van der Waals surface area (Å²) in [6.45, 7) is 3.92. The molecule has 3 aromatic heterocycles. The van der Waals surface area contributed by atoms with Crippen molar-refractivity contribution in [3.05, 3.63) is 60.6 Å². The minimum atomic E-state index is 0.480. The Balaban J connectivity index is 1.49. The molecule has 0 aliphatic carbocycles. The minimum Gasteiger partial charge on any atom is -0.341 e. The molecule has 0 radical (unpaired) electrons. The van der Waals surface area contributed by atoms with Gasteiger partial charge in [0, 0.05) is 49.5 Å². The van der Waals surface area contributed by atoms with Crippen LogP contribution < -0.4 is 4.90 Å². The largest absolute Gasteiger partial charge is 0.341 e. The fourth-order valence-electron chi connectivity index (χ4n) is 3.25. The molecule has 1 aliphatic heterocycles.